The molecule has 4 aromatic rings. The first-order valence-electron chi connectivity index (χ1n) is 12.1. The molecule has 0 aliphatic heterocycles. The van der Waals surface area contributed by atoms with Gasteiger partial charge in [0.15, 0.2) is 5.58 Å². The van der Waals surface area contributed by atoms with E-state index >= 15 is 0 Å². The highest BCUT2D eigenvalue weighted by molar-refractivity contribution is 14.1. The Morgan fingerprint density at radius 2 is 1.82 bits per heavy atom. The Morgan fingerprint density at radius 3 is 2.45 bits per heavy atom. The fraction of sp³-hybridized carbons (Fsp3) is 0.286. The number of anilines is 1. The Balaban J connectivity index is 1.88. The minimum Gasteiger partial charge on any atom is -0.422 e. The molecule has 0 radical (unpaired) electrons. The standard InChI is InChI=1S/C28H26FIN2O5S/c1-14-20(6-5-7-23(14)31-38(4,35)36)24-16(3)32(19-10-11-19)27(33)25-21(15(2)28(34)37-26(24)25)12-17-8-9-18(30)13-22(17)29/h5-9,13,19,31H,10-12H2,1-4H3. The molecular weight excluding hydrogens is 622 g/mol. The summed E-state index contributed by atoms with van der Waals surface area (Å²) in [6.45, 7) is 5.17. The average Bonchev–Trinajstić information content (AvgIpc) is 3.65. The number of rotatable bonds is 6. The number of pyridine rings is 1. The molecule has 0 bridgehead atoms. The van der Waals surface area contributed by atoms with Crippen molar-refractivity contribution in [1.29, 1.82) is 0 Å². The number of nitrogens with zero attached hydrogens (tertiary/aromatic N) is 1. The third kappa shape index (κ3) is 4.79. The summed E-state index contributed by atoms with van der Waals surface area (Å²) in [6, 6.07) is 10.0. The predicted molar refractivity (Wildman–Crippen MR) is 155 cm³/mol. The lowest BCUT2D eigenvalue weighted by molar-refractivity contribution is 0.549. The van der Waals surface area contributed by atoms with Gasteiger partial charge in [0.05, 0.1) is 17.3 Å². The van der Waals surface area contributed by atoms with E-state index in [4.69, 9.17) is 4.42 Å². The second-order valence-electron chi connectivity index (χ2n) is 9.83. The number of nitrogens with one attached hydrogen (secondary N) is 1. The molecule has 0 amide bonds. The van der Waals surface area contributed by atoms with Crippen molar-refractivity contribution in [3.05, 3.63) is 94.5 Å². The molecule has 2 heterocycles. The van der Waals surface area contributed by atoms with Crippen LogP contribution in [0.5, 0.6) is 0 Å². The summed E-state index contributed by atoms with van der Waals surface area (Å²) in [5, 5.41) is 0.244. The van der Waals surface area contributed by atoms with Crippen LogP contribution in [-0.2, 0) is 16.4 Å². The van der Waals surface area contributed by atoms with Crippen molar-refractivity contribution in [3.8, 4) is 11.1 Å². The fourth-order valence-electron chi connectivity index (χ4n) is 5.01. The molecule has 1 aliphatic carbocycles. The Hall–Kier alpha value is -2.99. The van der Waals surface area contributed by atoms with E-state index in [-0.39, 0.29) is 34.6 Å². The molecule has 1 saturated carbocycles. The molecule has 0 saturated heterocycles. The van der Waals surface area contributed by atoms with Crippen molar-refractivity contribution in [2.24, 2.45) is 0 Å². The van der Waals surface area contributed by atoms with Crippen molar-refractivity contribution < 1.29 is 17.2 Å². The van der Waals surface area contributed by atoms with Crippen LogP contribution in [0.2, 0.25) is 0 Å². The van der Waals surface area contributed by atoms with Crippen LogP contribution >= 0.6 is 22.6 Å². The molecule has 2 aromatic heterocycles. The Bertz CT molecular complexity index is 1860. The van der Waals surface area contributed by atoms with E-state index < -0.39 is 21.5 Å². The van der Waals surface area contributed by atoms with Gasteiger partial charge >= 0.3 is 5.63 Å². The quantitative estimate of drug-likeness (QED) is 0.275. The molecule has 1 N–H and O–H groups in total. The summed E-state index contributed by atoms with van der Waals surface area (Å²) in [6.07, 6.45) is 2.81. The van der Waals surface area contributed by atoms with E-state index in [1.54, 1.807) is 42.7 Å². The first-order valence-corrected chi connectivity index (χ1v) is 15.1. The van der Waals surface area contributed by atoms with Gasteiger partial charge in [-0.3, -0.25) is 9.52 Å². The van der Waals surface area contributed by atoms with Crippen molar-refractivity contribution in [3.63, 3.8) is 0 Å². The molecule has 1 aliphatic rings. The number of hydrogen-bond donors (Lipinski definition) is 1. The lowest BCUT2D eigenvalue weighted by Gasteiger charge is -2.20. The molecule has 10 heteroatoms. The predicted octanol–water partition coefficient (Wildman–Crippen LogP) is 5.59. The van der Waals surface area contributed by atoms with Crippen LogP contribution in [0.3, 0.4) is 0 Å². The number of halogens is 2. The molecule has 0 unspecified atom stereocenters. The van der Waals surface area contributed by atoms with E-state index in [1.165, 1.54) is 6.07 Å². The Morgan fingerprint density at radius 1 is 1.11 bits per heavy atom. The molecule has 0 spiro atoms. The Labute approximate surface area is 232 Å². The van der Waals surface area contributed by atoms with Crippen LogP contribution in [-0.4, -0.2) is 19.2 Å². The number of benzene rings is 2. The Kier molecular flexibility index (Phi) is 6.75. The molecule has 198 valence electrons. The van der Waals surface area contributed by atoms with Gasteiger partial charge < -0.3 is 8.98 Å². The van der Waals surface area contributed by atoms with Gasteiger partial charge in [-0.05, 0) is 96.7 Å². The molecule has 0 atom stereocenters. The van der Waals surface area contributed by atoms with Gasteiger partial charge in [-0.1, -0.05) is 18.2 Å². The number of hydrogen-bond acceptors (Lipinski definition) is 5. The lowest BCUT2D eigenvalue weighted by atomic mass is 9.92. The second kappa shape index (κ2) is 9.64. The highest BCUT2D eigenvalue weighted by atomic mass is 127. The monoisotopic (exact) mass is 648 g/mol. The van der Waals surface area contributed by atoms with E-state index in [0.717, 1.165) is 22.7 Å². The minimum absolute atomic E-state index is 0.0124. The lowest BCUT2D eigenvalue weighted by Crippen LogP contribution is -2.26. The van der Waals surface area contributed by atoms with Crippen LogP contribution in [0, 0.1) is 30.2 Å². The number of sulfonamides is 1. The van der Waals surface area contributed by atoms with Crippen LogP contribution < -0.4 is 15.9 Å². The minimum atomic E-state index is -3.55. The summed E-state index contributed by atoms with van der Waals surface area (Å²) in [7, 11) is -3.55. The maximum absolute atomic E-state index is 14.9. The molecule has 7 nitrogen and oxygen atoms in total. The first kappa shape index (κ1) is 26.6. The summed E-state index contributed by atoms with van der Waals surface area (Å²) in [5.74, 6) is -0.414. The third-order valence-electron chi connectivity index (χ3n) is 7.06. The van der Waals surface area contributed by atoms with Gasteiger partial charge in [-0.15, -0.1) is 0 Å². The zero-order valence-electron chi connectivity index (χ0n) is 21.3. The maximum atomic E-state index is 14.9. The summed E-state index contributed by atoms with van der Waals surface area (Å²) >= 11 is 2.03. The molecular formula is C28H26FIN2O5S. The zero-order chi connectivity index (χ0) is 27.5. The van der Waals surface area contributed by atoms with E-state index in [1.807, 2.05) is 35.6 Å². The number of fused-ring (bicyclic) bond motifs is 1. The van der Waals surface area contributed by atoms with Gasteiger partial charge in [-0.2, -0.15) is 0 Å². The first-order chi connectivity index (χ1) is 17.9. The molecule has 5 rings (SSSR count). The van der Waals surface area contributed by atoms with Crippen LogP contribution in [0.4, 0.5) is 10.1 Å². The number of aromatic nitrogens is 1. The fourth-order valence-corrected chi connectivity index (χ4v) is 6.08. The van der Waals surface area contributed by atoms with Crippen LogP contribution in [0.1, 0.15) is 46.8 Å². The highest BCUT2D eigenvalue weighted by Crippen LogP contribution is 2.41. The van der Waals surface area contributed by atoms with Crippen molar-refractivity contribution in [1.82, 2.24) is 4.57 Å². The highest BCUT2D eigenvalue weighted by Gasteiger charge is 2.31. The van der Waals surface area contributed by atoms with Gasteiger partial charge in [0.2, 0.25) is 10.0 Å². The van der Waals surface area contributed by atoms with Crippen LogP contribution in [0.25, 0.3) is 22.1 Å². The molecule has 38 heavy (non-hydrogen) atoms. The van der Waals surface area contributed by atoms with Gasteiger partial charge in [0.1, 0.15) is 5.82 Å². The van der Waals surface area contributed by atoms with Crippen LogP contribution in [0.15, 0.2) is 50.4 Å². The van der Waals surface area contributed by atoms with Gasteiger partial charge in [0.25, 0.3) is 5.56 Å². The summed E-state index contributed by atoms with van der Waals surface area (Å²) in [4.78, 5) is 27.1. The summed E-state index contributed by atoms with van der Waals surface area (Å²) in [5.41, 5.74) is 3.11. The van der Waals surface area contributed by atoms with E-state index in [9.17, 15) is 22.4 Å². The van der Waals surface area contributed by atoms with Crippen molar-refractivity contribution in [2.45, 2.75) is 46.1 Å². The van der Waals surface area contributed by atoms with Gasteiger partial charge in [-0.25, -0.2) is 17.6 Å². The van der Waals surface area contributed by atoms with Crippen molar-refractivity contribution in [2.75, 3.05) is 11.0 Å². The zero-order valence-corrected chi connectivity index (χ0v) is 24.3. The smallest absolute Gasteiger partial charge is 0.339 e. The topological polar surface area (TPSA) is 98.4 Å². The van der Waals surface area contributed by atoms with E-state index in [2.05, 4.69) is 4.72 Å². The second-order valence-corrected chi connectivity index (χ2v) is 12.8. The maximum Gasteiger partial charge on any atom is 0.339 e. The molecule has 2 aromatic carbocycles. The van der Waals surface area contributed by atoms with Crippen molar-refractivity contribution >= 4 is 49.3 Å². The largest absolute Gasteiger partial charge is 0.422 e. The normalized spacial score (nSPS) is 13.7. The summed E-state index contributed by atoms with van der Waals surface area (Å²) < 4.78 is 49.7. The third-order valence-corrected chi connectivity index (χ3v) is 8.32. The average molecular weight is 648 g/mol. The SMILES string of the molecule is Cc1c(NS(C)(=O)=O)cccc1-c1c(C)n(C2CC2)c(=O)c2c(Cc3ccc(I)cc3F)c(C)c(=O)oc12. The van der Waals surface area contributed by atoms with E-state index in [0.29, 0.717) is 39.2 Å². The molecule has 1 fully saturated rings. The van der Waals surface area contributed by atoms with Gasteiger partial charge in [0, 0.05) is 32.9 Å².